The van der Waals surface area contributed by atoms with Gasteiger partial charge in [-0.15, -0.1) is 10.2 Å². The highest BCUT2D eigenvalue weighted by Gasteiger charge is 2.51. The SMILES string of the molecule is Cc1nnc(C2(NC(=O)C(=O)c3c(C)c(C(=O)Nc4ccc(F)c(C)c4)c(C)n3C)CC2)o1. The van der Waals surface area contributed by atoms with E-state index in [2.05, 4.69) is 20.8 Å². The van der Waals surface area contributed by atoms with Gasteiger partial charge >= 0.3 is 0 Å². The number of carbonyl (C=O) groups is 3. The van der Waals surface area contributed by atoms with Gasteiger partial charge in [0.1, 0.15) is 11.4 Å². The Balaban J connectivity index is 1.58. The summed E-state index contributed by atoms with van der Waals surface area (Å²) in [5.41, 5.74) is 1.29. The first-order chi connectivity index (χ1) is 15.5. The number of nitrogens with zero attached hydrogens (tertiary/aromatic N) is 3. The molecule has 0 atom stereocenters. The first-order valence-electron chi connectivity index (χ1n) is 10.4. The van der Waals surface area contributed by atoms with E-state index < -0.39 is 23.1 Å². The molecule has 0 unspecified atom stereocenters. The van der Waals surface area contributed by atoms with Gasteiger partial charge in [-0.05, 0) is 62.9 Å². The number of rotatable bonds is 6. The minimum absolute atomic E-state index is 0.114. The molecule has 1 aliphatic rings. The zero-order chi connectivity index (χ0) is 24.1. The van der Waals surface area contributed by atoms with Crippen LogP contribution in [0.15, 0.2) is 22.6 Å². The summed E-state index contributed by atoms with van der Waals surface area (Å²) in [6.07, 6.45) is 1.17. The number of benzene rings is 1. The van der Waals surface area contributed by atoms with Crippen LogP contribution in [-0.2, 0) is 17.4 Å². The van der Waals surface area contributed by atoms with Crippen molar-refractivity contribution in [3.8, 4) is 0 Å². The van der Waals surface area contributed by atoms with E-state index in [1.807, 2.05) is 0 Å². The van der Waals surface area contributed by atoms with Gasteiger partial charge in [0.05, 0.1) is 11.3 Å². The van der Waals surface area contributed by atoms with Gasteiger partial charge in [0, 0.05) is 25.4 Å². The van der Waals surface area contributed by atoms with Crippen LogP contribution < -0.4 is 10.6 Å². The Hall–Kier alpha value is -3.82. The lowest BCUT2D eigenvalue weighted by molar-refractivity contribution is -0.118. The predicted molar refractivity (Wildman–Crippen MR) is 116 cm³/mol. The highest BCUT2D eigenvalue weighted by atomic mass is 19.1. The molecule has 172 valence electrons. The van der Waals surface area contributed by atoms with Gasteiger partial charge in [-0.3, -0.25) is 14.4 Å². The van der Waals surface area contributed by atoms with Crippen LogP contribution in [0.1, 0.15) is 62.3 Å². The molecule has 0 spiro atoms. The van der Waals surface area contributed by atoms with Crippen LogP contribution >= 0.6 is 0 Å². The third-order valence-electron chi connectivity index (χ3n) is 6.03. The zero-order valence-electron chi connectivity index (χ0n) is 19.0. The van der Waals surface area contributed by atoms with Crippen molar-refractivity contribution < 1.29 is 23.2 Å². The Morgan fingerprint density at radius 1 is 1.12 bits per heavy atom. The second-order valence-electron chi connectivity index (χ2n) is 8.40. The molecule has 10 heteroatoms. The van der Waals surface area contributed by atoms with E-state index in [-0.39, 0.29) is 23.0 Å². The molecule has 2 amide bonds. The summed E-state index contributed by atoms with van der Waals surface area (Å²) < 4.78 is 20.5. The second kappa shape index (κ2) is 7.95. The summed E-state index contributed by atoms with van der Waals surface area (Å²) in [6, 6.07) is 4.25. The molecule has 1 fully saturated rings. The molecule has 2 aromatic heterocycles. The fourth-order valence-electron chi connectivity index (χ4n) is 3.94. The summed E-state index contributed by atoms with van der Waals surface area (Å²) in [5.74, 6) is -1.76. The van der Waals surface area contributed by atoms with E-state index in [1.54, 1.807) is 34.7 Å². The molecule has 1 aliphatic carbocycles. The average molecular weight is 453 g/mol. The van der Waals surface area contributed by atoms with E-state index in [9.17, 15) is 18.8 Å². The van der Waals surface area contributed by atoms with Crippen molar-refractivity contribution in [1.82, 2.24) is 20.1 Å². The Kier molecular flexibility index (Phi) is 5.39. The van der Waals surface area contributed by atoms with E-state index in [0.717, 1.165) is 0 Å². The van der Waals surface area contributed by atoms with E-state index in [0.29, 0.717) is 41.2 Å². The molecular weight excluding hydrogens is 429 g/mol. The molecule has 1 aromatic carbocycles. The number of hydrogen-bond donors (Lipinski definition) is 2. The lowest BCUT2D eigenvalue weighted by atomic mass is 10.1. The molecule has 33 heavy (non-hydrogen) atoms. The lowest BCUT2D eigenvalue weighted by Crippen LogP contribution is -2.40. The lowest BCUT2D eigenvalue weighted by Gasteiger charge is -2.13. The third kappa shape index (κ3) is 3.92. The van der Waals surface area contributed by atoms with E-state index >= 15 is 0 Å². The first-order valence-corrected chi connectivity index (χ1v) is 10.4. The van der Waals surface area contributed by atoms with Gasteiger partial charge in [0.25, 0.3) is 17.6 Å². The number of aromatic nitrogens is 3. The van der Waals surface area contributed by atoms with Crippen molar-refractivity contribution in [3.05, 3.63) is 63.9 Å². The summed E-state index contributed by atoms with van der Waals surface area (Å²) in [5, 5.41) is 13.2. The van der Waals surface area contributed by atoms with Gasteiger partial charge in [0.15, 0.2) is 0 Å². The fourth-order valence-corrected chi connectivity index (χ4v) is 3.94. The number of aryl methyl sites for hydroxylation is 2. The third-order valence-corrected chi connectivity index (χ3v) is 6.03. The molecule has 4 rings (SSSR count). The number of amides is 2. The molecule has 2 heterocycles. The Morgan fingerprint density at radius 3 is 2.39 bits per heavy atom. The van der Waals surface area contributed by atoms with Crippen molar-refractivity contribution in [2.75, 3.05) is 5.32 Å². The number of anilines is 1. The average Bonchev–Trinajstić information content (AvgIpc) is 3.33. The predicted octanol–water partition coefficient (Wildman–Crippen LogP) is 3.02. The van der Waals surface area contributed by atoms with Crippen LogP contribution in [0.25, 0.3) is 0 Å². The quantitative estimate of drug-likeness (QED) is 0.437. The number of carbonyl (C=O) groups excluding carboxylic acids is 3. The van der Waals surface area contributed by atoms with Crippen LogP contribution in [0, 0.1) is 33.5 Å². The van der Waals surface area contributed by atoms with Gasteiger partial charge in [-0.25, -0.2) is 4.39 Å². The molecule has 0 bridgehead atoms. The van der Waals surface area contributed by atoms with Crippen LogP contribution in [0.5, 0.6) is 0 Å². The number of Topliss-reactive ketones (excluding diaryl/α,β-unsaturated/α-hetero) is 1. The monoisotopic (exact) mass is 453 g/mol. The fraction of sp³-hybridized carbons (Fsp3) is 0.348. The summed E-state index contributed by atoms with van der Waals surface area (Å²) in [6.45, 7) is 6.56. The smallest absolute Gasteiger partial charge is 0.294 e. The summed E-state index contributed by atoms with van der Waals surface area (Å²) in [7, 11) is 1.62. The number of hydrogen-bond acceptors (Lipinski definition) is 6. The maximum atomic E-state index is 13.5. The maximum absolute atomic E-state index is 13.5. The van der Waals surface area contributed by atoms with Crippen molar-refractivity contribution in [3.63, 3.8) is 0 Å². The zero-order valence-corrected chi connectivity index (χ0v) is 19.0. The van der Waals surface area contributed by atoms with Crippen molar-refractivity contribution >= 4 is 23.3 Å². The highest BCUT2D eigenvalue weighted by molar-refractivity contribution is 6.43. The number of ketones is 1. The Labute approximate surface area is 189 Å². The van der Waals surface area contributed by atoms with Crippen LogP contribution in [-0.4, -0.2) is 32.4 Å². The Morgan fingerprint density at radius 2 is 1.82 bits per heavy atom. The van der Waals surface area contributed by atoms with E-state index in [4.69, 9.17) is 4.42 Å². The van der Waals surface area contributed by atoms with Crippen LogP contribution in [0.2, 0.25) is 0 Å². The van der Waals surface area contributed by atoms with Crippen LogP contribution in [0.4, 0.5) is 10.1 Å². The minimum Gasteiger partial charge on any atom is -0.423 e. The van der Waals surface area contributed by atoms with E-state index in [1.165, 1.54) is 22.8 Å². The van der Waals surface area contributed by atoms with Gasteiger partial charge < -0.3 is 19.6 Å². The highest BCUT2D eigenvalue weighted by Crippen LogP contribution is 2.44. The molecule has 0 saturated heterocycles. The number of nitrogens with one attached hydrogen (secondary N) is 2. The molecule has 3 aromatic rings. The molecule has 9 nitrogen and oxygen atoms in total. The Bertz CT molecular complexity index is 1300. The first kappa shape index (κ1) is 22.4. The van der Waals surface area contributed by atoms with Crippen molar-refractivity contribution in [1.29, 1.82) is 0 Å². The molecular formula is C23H24FN5O4. The van der Waals surface area contributed by atoms with Gasteiger partial charge in [-0.1, -0.05) is 0 Å². The molecule has 1 saturated carbocycles. The standard InChI is InChI=1S/C23H24FN5O4/c1-11-10-15(6-7-16(11)24)25-20(31)17-12(2)18(29(5)13(17)3)19(30)21(32)26-23(8-9-23)22-28-27-14(4)33-22/h6-7,10H,8-9H2,1-5H3,(H,25,31)(H,26,32). The van der Waals surface area contributed by atoms with Crippen molar-refractivity contribution in [2.45, 2.75) is 46.1 Å². The van der Waals surface area contributed by atoms with Gasteiger partial charge in [-0.2, -0.15) is 0 Å². The topological polar surface area (TPSA) is 119 Å². The van der Waals surface area contributed by atoms with Crippen LogP contribution in [0.3, 0.4) is 0 Å². The summed E-state index contributed by atoms with van der Waals surface area (Å²) >= 11 is 0. The largest absolute Gasteiger partial charge is 0.423 e. The summed E-state index contributed by atoms with van der Waals surface area (Å²) in [4.78, 5) is 38.9. The van der Waals surface area contributed by atoms with Gasteiger partial charge in [0.2, 0.25) is 11.8 Å². The second-order valence-corrected chi connectivity index (χ2v) is 8.40. The normalized spacial score (nSPS) is 14.1. The molecule has 2 N–H and O–H groups in total. The molecule has 0 radical (unpaired) electrons. The molecule has 0 aliphatic heterocycles. The number of halogens is 1. The maximum Gasteiger partial charge on any atom is 0.294 e. The van der Waals surface area contributed by atoms with Crippen molar-refractivity contribution in [2.24, 2.45) is 7.05 Å². The minimum atomic E-state index is -0.831.